The second kappa shape index (κ2) is 9.77. The largest absolute Gasteiger partial charge is 0.355 e. The van der Waals surface area contributed by atoms with Crippen molar-refractivity contribution in [3.63, 3.8) is 0 Å². The lowest BCUT2D eigenvalue weighted by atomic mass is 9.85. The summed E-state index contributed by atoms with van der Waals surface area (Å²) in [5, 5.41) is 9.70. The number of carbonyl (C=O) groups is 2. The number of hydrogen-bond acceptors (Lipinski definition) is 6. The first-order chi connectivity index (χ1) is 17.3. The molecule has 1 aliphatic heterocycles. The minimum atomic E-state index is -0.817. The zero-order chi connectivity index (χ0) is 25.3. The molecule has 5 rings (SSSR count). The molecule has 3 heterocycles. The van der Waals surface area contributed by atoms with Crippen molar-refractivity contribution in [2.75, 3.05) is 19.6 Å². The summed E-state index contributed by atoms with van der Waals surface area (Å²) >= 11 is 0. The van der Waals surface area contributed by atoms with Crippen LogP contribution in [0.5, 0.6) is 0 Å². The van der Waals surface area contributed by atoms with E-state index in [0.717, 1.165) is 24.4 Å². The van der Waals surface area contributed by atoms with Crippen molar-refractivity contribution in [2.24, 2.45) is 5.92 Å². The van der Waals surface area contributed by atoms with Crippen LogP contribution in [0.3, 0.4) is 0 Å². The molecule has 1 saturated heterocycles. The highest BCUT2D eigenvalue weighted by atomic mass is 19.1. The number of nitrogens with one attached hydrogen (secondary N) is 2. The fraction of sp³-hybridized carbons (Fsp3) is 0.385. The molecule has 2 aromatic heterocycles. The highest BCUT2D eigenvalue weighted by Gasteiger charge is 2.47. The van der Waals surface area contributed by atoms with Crippen LogP contribution in [0.25, 0.3) is 11.3 Å². The highest BCUT2D eigenvalue weighted by molar-refractivity contribution is 5.94. The molecule has 2 aliphatic rings. The van der Waals surface area contributed by atoms with Gasteiger partial charge in [-0.2, -0.15) is 0 Å². The first kappa shape index (κ1) is 24.1. The average Bonchev–Trinajstić information content (AvgIpc) is 3.50. The zero-order valence-corrected chi connectivity index (χ0v) is 19.8. The van der Waals surface area contributed by atoms with Gasteiger partial charge in [0.05, 0.1) is 29.3 Å². The van der Waals surface area contributed by atoms with Crippen LogP contribution in [-0.4, -0.2) is 52.0 Å². The van der Waals surface area contributed by atoms with Gasteiger partial charge in [-0.15, -0.1) is 0 Å². The Hall–Kier alpha value is -3.66. The van der Waals surface area contributed by atoms with Crippen molar-refractivity contribution in [2.45, 2.75) is 37.8 Å². The molecule has 188 valence electrons. The molecule has 2 fully saturated rings. The maximum absolute atomic E-state index is 14.1. The molecule has 0 radical (unpaired) electrons. The van der Waals surface area contributed by atoms with Crippen LogP contribution in [0, 0.1) is 17.6 Å². The molecular weight excluding hydrogens is 468 g/mol. The maximum Gasteiger partial charge on any atom is 0.274 e. The zero-order valence-electron chi connectivity index (χ0n) is 19.8. The van der Waals surface area contributed by atoms with E-state index >= 15 is 0 Å². The van der Waals surface area contributed by atoms with Crippen molar-refractivity contribution < 1.29 is 22.9 Å². The first-order valence-electron chi connectivity index (χ1n) is 12.0. The van der Waals surface area contributed by atoms with Gasteiger partial charge in [0.1, 0.15) is 11.6 Å². The smallest absolute Gasteiger partial charge is 0.274 e. The first-order valence-corrected chi connectivity index (χ1v) is 12.0. The number of amides is 2. The van der Waals surface area contributed by atoms with Crippen LogP contribution in [0.4, 0.5) is 8.78 Å². The summed E-state index contributed by atoms with van der Waals surface area (Å²) in [7, 11) is 0. The third kappa shape index (κ3) is 5.43. The number of likely N-dealkylation sites (tertiary alicyclic amines) is 1. The van der Waals surface area contributed by atoms with Gasteiger partial charge in [0, 0.05) is 38.0 Å². The Balaban J connectivity index is 1.27. The van der Waals surface area contributed by atoms with Crippen molar-refractivity contribution in [1.29, 1.82) is 0 Å². The Kier molecular flexibility index (Phi) is 6.53. The van der Waals surface area contributed by atoms with E-state index < -0.39 is 23.1 Å². The van der Waals surface area contributed by atoms with E-state index in [1.807, 2.05) is 25.1 Å². The van der Waals surface area contributed by atoms with Crippen LogP contribution in [0.2, 0.25) is 0 Å². The molecule has 1 atom stereocenters. The lowest BCUT2D eigenvalue weighted by Crippen LogP contribution is -2.71. The number of nitrogens with zero attached hydrogens (tertiary/aromatic N) is 3. The van der Waals surface area contributed by atoms with Gasteiger partial charge in [0.2, 0.25) is 5.91 Å². The molecule has 8 nitrogen and oxygen atoms in total. The van der Waals surface area contributed by atoms with E-state index in [2.05, 4.69) is 25.7 Å². The number of carbonyl (C=O) groups excluding carboxylic acids is 2. The van der Waals surface area contributed by atoms with Crippen LogP contribution in [0.1, 0.15) is 48.4 Å². The summed E-state index contributed by atoms with van der Waals surface area (Å²) in [5.41, 5.74) is -0.0630. The van der Waals surface area contributed by atoms with Gasteiger partial charge in [-0.1, -0.05) is 11.2 Å². The molecule has 1 aliphatic carbocycles. The normalized spacial score (nSPS) is 17.8. The molecule has 10 heteroatoms. The molecule has 0 bridgehead atoms. The minimum absolute atomic E-state index is 0.000183. The Morgan fingerprint density at radius 2 is 2.00 bits per heavy atom. The molecular formula is C26H27F2N5O3. The lowest BCUT2D eigenvalue weighted by Gasteiger charge is -2.50. The van der Waals surface area contributed by atoms with E-state index in [-0.39, 0.29) is 35.4 Å². The van der Waals surface area contributed by atoms with Gasteiger partial charge in [0.25, 0.3) is 5.91 Å². The van der Waals surface area contributed by atoms with Crippen molar-refractivity contribution in [3.05, 3.63) is 71.7 Å². The summed E-state index contributed by atoms with van der Waals surface area (Å²) in [4.78, 5) is 32.5. The Morgan fingerprint density at radius 3 is 2.69 bits per heavy atom. The Morgan fingerprint density at radius 1 is 1.19 bits per heavy atom. The predicted molar refractivity (Wildman–Crippen MR) is 127 cm³/mol. The van der Waals surface area contributed by atoms with E-state index in [1.54, 1.807) is 6.20 Å². The monoisotopic (exact) mass is 495 g/mol. The fourth-order valence-corrected chi connectivity index (χ4v) is 4.65. The van der Waals surface area contributed by atoms with E-state index in [4.69, 9.17) is 4.52 Å². The standard InChI is InChI=1S/C26H27F2N5O3/c1-16(21-4-2-3-9-29-21)30-24(34)12-26(14-33(15-26)13-17-5-6-17)31-25(35)22-11-23(36-32-22)19-8-7-18(27)10-20(19)28/h2-4,7-11,16-17H,5-6,12-15H2,1H3,(H,30,34)(H,31,35)/t16-/m0/s1. The quantitative estimate of drug-likeness (QED) is 0.472. The minimum Gasteiger partial charge on any atom is -0.355 e. The molecule has 1 saturated carbocycles. The van der Waals surface area contributed by atoms with Gasteiger partial charge in [-0.3, -0.25) is 19.5 Å². The van der Waals surface area contributed by atoms with E-state index in [9.17, 15) is 18.4 Å². The van der Waals surface area contributed by atoms with Crippen LogP contribution >= 0.6 is 0 Å². The third-order valence-corrected chi connectivity index (χ3v) is 6.59. The molecule has 2 amide bonds. The number of hydrogen-bond donors (Lipinski definition) is 2. The van der Waals surface area contributed by atoms with E-state index in [0.29, 0.717) is 19.0 Å². The van der Waals surface area contributed by atoms with Gasteiger partial charge >= 0.3 is 0 Å². The number of aromatic nitrogens is 2. The third-order valence-electron chi connectivity index (χ3n) is 6.59. The van der Waals surface area contributed by atoms with Crippen LogP contribution < -0.4 is 10.6 Å². The Labute approximate surface area is 207 Å². The van der Waals surface area contributed by atoms with Crippen molar-refractivity contribution >= 4 is 11.8 Å². The molecule has 0 spiro atoms. The van der Waals surface area contributed by atoms with Gasteiger partial charge in [0.15, 0.2) is 11.5 Å². The summed E-state index contributed by atoms with van der Waals surface area (Å²) in [6.07, 6.45) is 4.18. The van der Waals surface area contributed by atoms with Gasteiger partial charge < -0.3 is 15.2 Å². The average molecular weight is 496 g/mol. The van der Waals surface area contributed by atoms with E-state index in [1.165, 1.54) is 25.0 Å². The molecule has 3 aromatic rings. The maximum atomic E-state index is 14.1. The fourth-order valence-electron chi connectivity index (χ4n) is 4.65. The Bertz CT molecular complexity index is 1260. The molecule has 0 unspecified atom stereocenters. The van der Waals surface area contributed by atoms with Gasteiger partial charge in [-0.05, 0) is 49.9 Å². The lowest BCUT2D eigenvalue weighted by molar-refractivity contribution is -0.125. The second-order valence-corrected chi connectivity index (χ2v) is 9.77. The number of pyridine rings is 1. The SMILES string of the molecule is C[C@H](NC(=O)CC1(NC(=O)c2cc(-c3ccc(F)cc3F)on2)CN(CC2CC2)C1)c1ccccn1. The summed E-state index contributed by atoms with van der Waals surface area (Å²) in [6.45, 7) is 3.88. The summed E-state index contributed by atoms with van der Waals surface area (Å²) in [6, 6.07) is 9.60. The van der Waals surface area contributed by atoms with Crippen molar-refractivity contribution in [1.82, 2.24) is 25.7 Å². The number of benzene rings is 1. The highest BCUT2D eigenvalue weighted by Crippen LogP contribution is 2.34. The van der Waals surface area contributed by atoms with Crippen molar-refractivity contribution in [3.8, 4) is 11.3 Å². The summed E-state index contributed by atoms with van der Waals surface area (Å²) < 4.78 is 32.5. The van der Waals surface area contributed by atoms with Gasteiger partial charge in [-0.25, -0.2) is 8.78 Å². The van der Waals surface area contributed by atoms with Crippen LogP contribution in [0.15, 0.2) is 53.2 Å². The number of rotatable bonds is 9. The molecule has 1 aromatic carbocycles. The summed E-state index contributed by atoms with van der Waals surface area (Å²) in [5.74, 6) is -1.56. The van der Waals surface area contributed by atoms with Crippen LogP contribution in [-0.2, 0) is 4.79 Å². The topological polar surface area (TPSA) is 100 Å². The molecule has 36 heavy (non-hydrogen) atoms. The molecule has 2 N–H and O–H groups in total. The second-order valence-electron chi connectivity index (χ2n) is 9.77. The predicted octanol–water partition coefficient (Wildman–Crippen LogP) is 3.48. The number of halogens is 2.